The van der Waals surface area contributed by atoms with Crippen LogP contribution in [0.2, 0.25) is 0 Å². The van der Waals surface area contributed by atoms with E-state index in [-0.39, 0.29) is 56.4 Å². The molecule has 85 heavy (non-hydrogen) atoms. The van der Waals surface area contributed by atoms with E-state index in [1.165, 1.54) is 97.4 Å². The monoisotopic (exact) mass is 1200 g/mol. The number of hydrogen-bond acceptors (Lipinski definition) is 12. The van der Waals surface area contributed by atoms with Crippen LogP contribution in [0.4, 0.5) is 0 Å². The highest BCUT2D eigenvalue weighted by molar-refractivity contribution is 6.00. The molecule has 0 aromatic rings. The van der Waals surface area contributed by atoms with E-state index >= 15 is 14.4 Å². The number of nitrogens with one attached hydrogen (secondary N) is 3. The molecule has 0 radical (unpaired) electrons. The summed E-state index contributed by atoms with van der Waals surface area (Å²) in [5, 5.41) is 20.5. The van der Waals surface area contributed by atoms with E-state index in [2.05, 4.69) is 16.0 Å². The summed E-state index contributed by atoms with van der Waals surface area (Å²) in [6.45, 7) is 31.2. The third kappa shape index (κ3) is 18.0. The molecule has 23 nitrogen and oxygen atoms in total. The minimum atomic E-state index is -1.53. The zero-order valence-corrected chi connectivity index (χ0v) is 55.9. The summed E-state index contributed by atoms with van der Waals surface area (Å²) < 4.78 is 0. The van der Waals surface area contributed by atoms with Gasteiger partial charge in [0, 0.05) is 48.8 Å². The van der Waals surface area contributed by atoms with Crippen molar-refractivity contribution >= 4 is 65.0 Å². The summed E-state index contributed by atoms with van der Waals surface area (Å²) in [5.74, 6) is -9.19. The standard InChI is InChI=1S/C62H109N11O12/c1-25-28-29-43-51(74)50-62(85)73(43)42(26-2)57(80)66(19)41(18)56(79)72(27-3)48(37(12)13)54(77)65-47(36(10)11)60(83)67(20)44(30-33(4)5)53(76)63-39(16)52(75)64-40(17)55(78)68(21)45(31-34(6)7)58(81)69(22)46(32-35(8)9)59(82)70(23)49(38(14)15)61(84)71(50)24/h25,28,33-51,74H,26-27,29-32H2,1-24H3,(H,63,76)(H,64,75)(H,65,77)/b28-25+/t39-,40+,41+,42-,43+,44-,45-,46-,47-,48-,49-,50-,51+/m0/s1. The van der Waals surface area contributed by atoms with Crippen LogP contribution in [0.1, 0.15) is 157 Å². The molecular formula is C62H109N11O12. The van der Waals surface area contributed by atoms with Crippen molar-refractivity contribution < 1.29 is 57.8 Å². The lowest BCUT2D eigenvalue weighted by molar-refractivity contribution is -0.157. The second kappa shape index (κ2) is 32.6. The Hall–Kier alpha value is -6.13. The van der Waals surface area contributed by atoms with Gasteiger partial charge in [0.2, 0.25) is 65.0 Å². The highest BCUT2D eigenvalue weighted by Crippen LogP contribution is 2.33. The van der Waals surface area contributed by atoms with Crippen molar-refractivity contribution in [2.75, 3.05) is 48.8 Å². The van der Waals surface area contributed by atoms with Gasteiger partial charge in [-0.05, 0) is 102 Å². The molecular weight excluding hydrogens is 1090 g/mol. The van der Waals surface area contributed by atoms with E-state index in [0.29, 0.717) is 0 Å². The lowest BCUT2D eigenvalue weighted by Crippen LogP contribution is -2.62. The molecule has 2 aliphatic rings. The molecule has 0 spiro atoms. The molecule has 484 valence electrons. The first-order valence-corrected chi connectivity index (χ1v) is 30.7. The fourth-order valence-electron chi connectivity index (χ4n) is 11.8. The topological polar surface area (TPSA) is 270 Å². The number of carbonyl (C=O) groups excluding carboxylic acids is 11. The molecule has 0 unspecified atom stereocenters. The highest BCUT2D eigenvalue weighted by atomic mass is 16.3. The van der Waals surface area contributed by atoms with Gasteiger partial charge in [0.1, 0.15) is 72.6 Å². The van der Waals surface area contributed by atoms with E-state index < -0.39 is 161 Å². The summed E-state index contributed by atoms with van der Waals surface area (Å²) >= 11 is 0. The minimum Gasteiger partial charge on any atom is -0.388 e. The van der Waals surface area contributed by atoms with Gasteiger partial charge in [-0.25, -0.2) is 0 Å². The van der Waals surface area contributed by atoms with Crippen LogP contribution < -0.4 is 16.0 Å². The molecule has 0 aromatic heterocycles. The van der Waals surface area contributed by atoms with Crippen LogP contribution in [0.3, 0.4) is 0 Å². The first-order valence-electron chi connectivity index (χ1n) is 30.7. The average molecular weight is 1200 g/mol. The molecule has 11 amide bonds. The molecule has 4 N–H and O–H groups in total. The maximum Gasteiger partial charge on any atom is 0.249 e. The second-order valence-corrected chi connectivity index (χ2v) is 26.0. The first-order chi connectivity index (χ1) is 39.3. The number of hydrogen-bond donors (Lipinski definition) is 4. The van der Waals surface area contributed by atoms with E-state index in [9.17, 15) is 43.5 Å². The summed E-state index contributed by atoms with van der Waals surface area (Å²) in [5.41, 5.74) is 0. The molecule has 2 aliphatic heterocycles. The zero-order chi connectivity index (χ0) is 65.7. The van der Waals surface area contributed by atoms with E-state index in [0.717, 1.165) is 4.90 Å². The largest absolute Gasteiger partial charge is 0.388 e. The molecule has 2 saturated heterocycles. The van der Waals surface area contributed by atoms with Crippen LogP contribution in [0.5, 0.6) is 0 Å². The third-order valence-electron chi connectivity index (χ3n) is 16.9. The predicted molar refractivity (Wildman–Crippen MR) is 326 cm³/mol. The second-order valence-electron chi connectivity index (χ2n) is 26.0. The van der Waals surface area contributed by atoms with Crippen molar-refractivity contribution in [3.8, 4) is 0 Å². The highest BCUT2D eigenvalue weighted by Gasteiger charge is 2.55. The molecule has 0 aliphatic carbocycles. The predicted octanol–water partition coefficient (Wildman–Crippen LogP) is 3.12. The van der Waals surface area contributed by atoms with Gasteiger partial charge in [0.25, 0.3) is 0 Å². The van der Waals surface area contributed by atoms with Gasteiger partial charge in [-0.1, -0.05) is 102 Å². The number of likely N-dealkylation sites (N-methyl/N-ethyl adjacent to an activating group) is 7. The molecule has 2 rings (SSSR count). The van der Waals surface area contributed by atoms with Crippen molar-refractivity contribution in [1.82, 2.24) is 55.1 Å². The van der Waals surface area contributed by atoms with Gasteiger partial charge >= 0.3 is 0 Å². The minimum absolute atomic E-state index is 0.0131. The Kier molecular flexibility index (Phi) is 28.7. The van der Waals surface area contributed by atoms with Gasteiger partial charge in [-0.15, -0.1) is 0 Å². The van der Waals surface area contributed by atoms with Crippen molar-refractivity contribution in [2.24, 2.45) is 35.5 Å². The quantitative estimate of drug-likeness (QED) is 0.194. The van der Waals surface area contributed by atoms with Gasteiger partial charge < -0.3 is 60.3 Å². The summed E-state index contributed by atoms with van der Waals surface area (Å²) in [7, 11) is 8.59. The van der Waals surface area contributed by atoms with Crippen LogP contribution in [-0.4, -0.2) is 237 Å². The number of rotatable bonds is 13. The van der Waals surface area contributed by atoms with Crippen LogP contribution in [0.25, 0.3) is 0 Å². The molecule has 2 heterocycles. The van der Waals surface area contributed by atoms with Crippen molar-refractivity contribution in [2.45, 2.75) is 235 Å². The Morgan fingerprint density at radius 3 is 1.35 bits per heavy atom. The van der Waals surface area contributed by atoms with Crippen LogP contribution in [-0.2, 0) is 52.7 Å². The van der Waals surface area contributed by atoms with Gasteiger partial charge in [0.15, 0.2) is 0 Å². The molecule has 0 aromatic carbocycles. The number of fused-ring (bicyclic) bond motifs is 2. The summed E-state index contributed by atoms with van der Waals surface area (Å²) in [4.78, 5) is 172. The Morgan fingerprint density at radius 2 is 0.906 bits per heavy atom. The summed E-state index contributed by atoms with van der Waals surface area (Å²) in [6.07, 6.45) is 2.55. The lowest BCUT2D eigenvalue weighted by atomic mass is 9.95. The number of nitrogens with zero attached hydrogens (tertiary/aromatic N) is 8. The van der Waals surface area contributed by atoms with E-state index in [1.807, 2.05) is 41.5 Å². The fourth-order valence-corrected chi connectivity index (χ4v) is 11.8. The van der Waals surface area contributed by atoms with Crippen molar-refractivity contribution in [1.29, 1.82) is 0 Å². The SMILES string of the molecule is C/C=C/C[C@@H]1[C@@H](O)[C@H]2C(=O)N1[C@@H](CC)C(=O)N(C)[C@H](C)C(=O)N(CC)[C@@H](C(C)C)C(=O)N[C@@H](C(C)C)C(=O)N(C)[C@@H](CC(C)C)C(=O)N[C@@H](C)C(=O)N[C@H](C)C(=O)N(C)[C@@H](CC(C)C)C(=O)N(C)[C@@H](CC(C)C)C(=O)N(C)[C@@H](C(C)C)C(=O)N2C. The molecule has 0 saturated carbocycles. The Balaban J connectivity index is 3.02. The number of carbonyl (C=O) groups is 11. The fraction of sp³-hybridized carbons (Fsp3) is 0.790. The first kappa shape index (κ1) is 75.0. The molecule has 23 heteroatoms. The van der Waals surface area contributed by atoms with Crippen LogP contribution in [0.15, 0.2) is 12.2 Å². The maximum atomic E-state index is 15.1. The maximum absolute atomic E-state index is 15.1. The summed E-state index contributed by atoms with van der Waals surface area (Å²) in [6, 6.07) is -14.4. The average Bonchev–Trinajstić information content (AvgIpc) is 3.76. The molecule has 2 bridgehead atoms. The van der Waals surface area contributed by atoms with Crippen LogP contribution >= 0.6 is 0 Å². The molecule has 13 atom stereocenters. The van der Waals surface area contributed by atoms with E-state index in [1.54, 1.807) is 74.5 Å². The normalized spacial score (nSPS) is 29.4. The number of allylic oxidation sites excluding steroid dienone is 1. The van der Waals surface area contributed by atoms with Crippen molar-refractivity contribution in [3.63, 3.8) is 0 Å². The number of amides is 11. The van der Waals surface area contributed by atoms with Crippen molar-refractivity contribution in [3.05, 3.63) is 12.2 Å². The van der Waals surface area contributed by atoms with Gasteiger partial charge in [-0.3, -0.25) is 52.7 Å². The van der Waals surface area contributed by atoms with Gasteiger partial charge in [0.05, 0.1) is 6.04 Å². The van der Waals surface area contributed by atoms with E-state index in [4.69, 9.17) is 0 Å². The Labute approximate surface area is 508 Å². The lowest BCUT2D eigenvalue weighted by Gasteiger charge is -2.40. The zero-order valence-electron chi connectivity index (χ0n) is 55.9. The van der Waals surface area contributed by atoms with Gasteiger partial charge in [-0.2, -0.15) is 0 Å². The smallest absolute Gasteiger partial charge is 0.249 e. The number of aliphatic hydroxyl groups is 1. The third-order valence-corrected chi connectivity index (χ3v) is 16.9. The Bertz CT molecular complexity index is 2400. The Morgan fingerprint density at radius 1 is 0.459 bits per heavy atom. The van der Waals surface area contributed by atoms with Crippen LogP contribution in [0, 0.1) is 35.5 Å². The molecule has 2 fully saturated rings. The number of aliphatic hydroxyl groups excluding tert-OH is 1.